The van der Waals surface area contributed by atoms with Gasteiger partial charge >= 0.3 is 0 Å². The van der Waals surface area contributed by atoms with Crippen LogP contribution in [-0.2, 0) is 6.42 Å². The first-order chi connectivity index (χ1) is 10.8. The summed E-state index contributed by atoms with van der Waals surface area (Å²) < 4.78 is 0. The summed E-state index contributed by atoms with van der Waals surface area (Å²) in [5.41, 5.74) is 3.30. The van der Waals surface area contributed by atoms with Crippen molar-refractivity contribution in [3.8, 4) is 0 Å². The molecule has 0 radical (unpaired) electrons. The molecule has 2 heterocycles. The number of hydrogen-bond acceptors (Lipinski definition) is 3. The molecule has 2 aliphatic heterocycles. The highest BCUT2D eigenvalue weighted by Crippen LogP contribution is 2.28. The molecular formula is C18H25N3O. The zero-order valence-corrected chi connectivity index (χ0v) is 13.2. The quantitative estimate of drug-likeness (QED) is 0.910. The van der Waals surface area contributed by atoms with Crippen LogP contribution in [0.3, 0.4) is 0 Å². The number of piperazine rings is 1. The second-order valence-electron chi connectivity index (χ2n) is 6.77. The van der Waals surface area contributed by atoms with Gasteiger partial charge in [0.05, 0.1) is 0 Å². The summed E-state index contributed by atoms with van der Waals surface area (Å²) in [7, 11) is 0. The normalized spacial score (nSPS) is 22.6. The second kappa shape index (κ2) is 5.92. The van der Waals surface area contributed by atoms with Crippen molar-refractivity contribution < 1.29 is 4.79 Å². The van der Waals surface area contributed by atoms with Gasteiger partial charge in [0.25, 0.3) is 5.91 Å². The van der Waals surface area contributed by atoms with Crippen LogP contribution in [0.5, 0.6) is 0 Å². The number of hydrogen-bond donors (Lipinski definition) is 1. The first kappa shape index (κ1) is 14.1. The van der Waals surface area contributed by atoms with E-state index in [4.69, 9.17) is 0 Å². The molecule has 1 aromatic carbocycles. The van der Waals surface area contributed by atoms with E-state index in [9.17, 15) is 4.79 Å². The van der Waals surface area contributed by atoms with E-state index in [1.807, 2.05) is 12.1 Å². The van der Waals surface area contributed by atoms with Crippen LogP contribution in [-0.4, -0.2) is 54.5 Å². The van der Waals surface area contributed by atoms with Gasteiger partial charge in [-0.1, -0.05) is 12.5 Å². The highest BCUT2D eigenvalue weighted by molar-refractivity contribution is 5.97. The van der Waals surface area contributed by atoms with E-state index in [1.165, 1.54) is 24.8 Å². The molecule has 1 aliphatic carbocycles. The third-order valence-electron chi connectivity index (χ3n) is 5.52. The fraction of sp³-hybridized carbons (Fsp3) is 0.611. The highest BCUT2D eigenvalue weighted by Gasteiger charge is 2.30. The Labute approximate surface area is 132 Å². The lowest BCUT2D eigenvalue weighted by Gasteiger charge is -2.43. The summed E-state index contributed by atoms with van der Waals surface area (Å²) in [6.45, 7) is 4.87. The molecule has 4 heteroatoms. The van der Waals surface area contributed by atoms with Crippen molar-refractivity contribution in [2.75, 3.05) is 38.0 Å². The summed E-state index contributed by atoms with van der Waals surface area (Å²) in [6, 6.07) is 6.91. The van der Waals surface area contributed by atoms with Gasteiger partial charge < -0.3 is 10.2 Å². The van der Waals surface area contributed by atoms with Gasteiger partial charge in [-0.15, -0.1) is 0 Å². The number of anilines is 1. The number of nitrogens with zero attached hydrogens (tertiary/aromatic N) is 2. The highest BCUT2D eigenvalue weighted by atomic mass is 16.2. The topological polar surface area (TPSA) is 35.6 Å². The molecule has 0 spiro atoms. The third-order valence-corrected chi connectivity index (χ3v) is 5.52. The molecule has 0 bridgehead atoms. The van der Waals surface area contributed by atoms with Crippen LogP contribution < -0.4 is 5.32 Å². The van der Waals surface area contributed by atoms with Gasteiger partial charge in [-0.05, 0) is 43.4 Å². The molecular weight excluding hydrogens is 274 g/mol. The summed E-state index contributed by atoms with van der Waals surface area (Å²) >= 11 is 0. The van der Waals surface area contributed by atoms with Crippen molar-refractivity contribution >= 4 is 11.6 Å². The zero-order chi connectivity index (χ0) is 14.9. The maximum atomic E-state index is 12.9. The lowest BCUT2D eigenvalue weighted by atomic mass is 9.91. The van der Waals surface area contributed by atoms with Crippen LogP contribution in [0, 0.1) is 0 Å². The molecule has 1 saturated carbocycles. The molecule has 0 atom stereocenters. The van der Waals surface area contributed by atoms with Crippen LogP contribution in [0.25, 0.3) is 0 Å². The molecule has 1 aromatic rings. The Bertz CT molecular complexity index is 559. The van der Waals surface area contributed by atoms with Gasteiger partial charge in [-0.25, -0.2) is 0 Å². The average molecular weight is 299 g/mol. The summed E-state index contributed by atoms with van der Waals surface area (Å²) in [6.07, 6.45) is 6.23. The van der Waals surface area contributed by atoms with Crippen molar-refractivity contribution in [3.05, 3.63) is 29.3 Å². The van der Waals surface area contributed by atoms with Crippen molar-refractivity contribution in [3.63, 3.8) is 0 Å². The number of fused-ring (bicyclic) bond motifs is 1. The third kappa shape index (κ3) is 2.50. The first-order valence-electron chi connectivity index (χ1n) is 8.72. The fourth-order valence-electron chi connectivity index (χ4n) is 3.92. The summed E-state index contributed by atoms with van der Waals surface area (Å²) in [5, 5.41) is 3.42. The van der Waals surface area contributed by atoms with E-state index < -0.39 is 0 Å². The molecule has 4 nitrogen and oxygen atoms in total. The lowest BCUT2D eigenvalue weighted by molar-refractivity contribution is 0.0454. The molecule has 1 saturated heterocycles. The molecule has 2 fully saturated rings. The summed E-state index contributed by atoms with van der Waals surface area (Å²) in [5.74, 6) is 0.230. The van der Waals surface area contributed by atoms with Gasteiger partial charge in [0, 0.05) is 50.0 Å². The van der Waals surface area contributed by atoms with Crippen molar-refractivity contribution in [1.29, 1.82) is 0 Å². The maximum absolute atomic E-state index is 12.9. The molecule has 0 unspecified atom stereocenters. The second-order valence-corrected chi connectivity index (χ2v) is 6.77. The molecule has 4 rings (SSSR count). The van der Waals surface area contributed by atoms with E-state index in [2.05, 4.69) is 21.2 Å². The minimum absolute atomic E-state index is 0.230. The number of rotatable bonds is 2. The van der Waals surface area contributed by atoms with E-state index >= 15 is 0 Å². The molecule has 1 N–H and O–H groups in total. The minimum Gasteiger partial charge on any atom is -0.385 e. The van der Waals surface area contributed by atoms with Crippen molar-refractivity contribution in [2.24, 2.45) is 0 Å². The standard InChI is InChI=1S/C18H25N3O/c22-18(16-6-2-8-17-15(16)7-3-9-19-17)21-12-10-20(11-13-21)14-4-1-5-14/h2,6,8,14,19H,1,3-5,7,9-13H2. The predicted octanol–water partition coefficient (Wildman–Crippen LogP) is 2.36. The van der Waals surface area contributed by atoms with E-state index in [-0.39, 0.29) is 5.91 Å². The van der Waals surface area contributed by atoms with Gasteiger partial charge in [0.2, 0.25) is 0 Å². The number of amides is 1. The molecule has 22 heavy (non-hydrogen) atoms. The van der Waals surface area contributed by atoms with Gasteiger partial charge in [0.15, 0.2) is 0 Å². The lowest BCUT2D eigenvalue weighted by Crippen LogP contribution is -2.53. The van der Waals surface area contributed by atoms with E-state index in [1.54, 1.807) is 0 Å². The summed E-state index contributed by atoms with van der Waals surface area (Å²) in [4.78, 5) is 17.5. The monoisotopic (exact) mass is 299 g/mol. The molecule has 0 aromatic heterocycles. The Morgan fingerprint density at radius 3 is 2.64 bits per heavy atom. The largest absolute Gasteiger partial charge is 0.385 e. The van der Waals surface area contributed by atoms with Crippen LogP contribution in [0.4, 0.5) is 5.69 Å². The Morgan fingerprint density at radius 1 is 1.09 bits per heavy atom. The minimum atomic E-state index is 0.230. The van der Waals surface area contributed by atoms with E-state index in [0.29, 0.717) is 0 Å². The van der Waals surface area contributed by atoms with Gasteiger partial charge in [-0.3, -0.25) is 9.69 Å². The first-order valence-corrected chi connectivity index (χ1v) is 8.72. The van der Waals surface area contributed by atoms with Crippen LogP contribution in [0.2, 0.25) is 0 Å². The van der Waals surface area contributed by atoms with Crippen molar-refractivity contribution in [1.82, 2.24) is 9.80 Å². The Morgan fingerprint density at radius 2 is 1.91 bits per heavy atom. The Kier molecular flexibility index (Phi) is 3.78. The number of carbonyl (C=O) groups excluding carboxylic acids is 1. The molecule has 118 valence electrons. The van der Waals surface area contributed by atoms with E-state index in [0.717, 1.165) is 62.9 Å². The number of benzene rings is 1. The van der Waals surface area contributed by atoms with Crippen LogP contribution in [0.15, 0.2) is 18.2 Å². The molecule has 3 aliphatic rings. The van der Waals surface area contributed by atoms with Gasteiger partial charge in [-0.2, -0.15) is 0 Å². The predicted molar refractivity (Wildman–Crippen MR) is 88.4 cm³/mol. The Hall–Kier alpha value is -1.55. The van der Waals surface area contributed by atoms with Crippen LogP contribution in [0.1, 0.15) is 41.6 Å². The van der Waals surface area contributed by atoms with Crippen molar-refractivity contribution in [2.45, 2.75) is 38.1 Å². The Balaban J connectivity index is 1.46. The fourth-order valence-corrected chi connectivity index (χ4v) is 3.92. The maximum Gasteiger partial charge on any atom is 0.254 e. The smallest absolute Gasteiger partial charge is 0.254 e. The SMILES string of the molecule is O=C(c1cccc2c1CCCN2)N1CCN(C2CCC2)CC1. The number of carbonyl (C=O) groups is 1. The van der Waals surface area contributed by atoms with Crippen LogP contribution >= 0.6 is 0 Å². The molecule has 1 amide bonds. The number of nitrogens with one attached hydrogen (secondary N) is 1. The van der Waals surface area contributed by atoms with Gasteiger partial charge in [0.1, 0.15) is 0 Å². The average Bonchev–Trinajstić information content (AvgIpc) is 2.53. The zero-order valence-electron chi connectivity index (χ0n) is 13.2.